The molecule has 3 rings (SSSR count). The summed E-state index contributed by atoms with van der Waals surface area (Å²) in [6, 6.07) is 14.6. The molecular formula is C23H19BrF2N2O3. The number of halogens is 3. The number of nitrogens with one attached hydrogen (secondary N) is 1. The van der Waals surface area contributed by atoms with E-state index in [2.05, 4.69) is 26.5 Å². The minimum Gasteiger partial charge on any atom is -0.490 e. The number of benzene rings is 3. The number of hydrogen-bond acceptors (Lipinski definition) is 4. The van der Waals surface area contributed by atoms with Crippen LogP contribution in [0.25, 0.3) is 0 Å². The van der Waals surface area contributed by atoms with E-state index < -0.39 is 11.7 Å². The lowest BCUT2D eigenvalue weighted by Gasteiger charge is -2.14. The molecule has 3 aromatic carbocycles. The van der Waals surface area contributed by atoms with Crippen LogP contribution in [0.15, 0.2) is 70.2 Å². The van der Waals surface area contributed by atoms with Crippen molar-refractivity contribution in [3.63, 3.8) is 0 Å². The molecule has 8 heteroatoms. The monoisotopic (exact) mass is 488 g/mol. The Kier molecular flexibility index (Phi) is 7.72. The fraction of sp³-hybridized carbons (Fsp3) is 0.130. The van der Waals surface area contributed by atoms with Crippen LogP contribution in [0.1, 0.15) is 28.4 Å². The van der Waals surface area contributed by atoms with Crippen LogP contribution in [0.5, 0.6) is 11.5 Å². The minimum atomic E-state index is -0.461. The van der Waals surface area contributed by atoms with Crippen LogP contribution in [0.4, 0.5) is 8.78 Å². The first kappa shape index (κ1) is 22.4. The van der Waals surface area contributed by atoms with Gasteiger partial charge in [-0.1, -0.05) is 12.1 Å². The van der Waals surface area contributed by atoms with Crippen molar-refractivity contribution in [1.82, 2.24) is 5.43 Å². The van der Waals surface area contributed by atoms with E-state index >= 15 is 0 Å². The lowest BCUT2D eigenvalue weighted by atomic mass is 10.2. The fourth-order valence-corrected chi connectivity index (χ4v) is 3.02. The second-order valence-electron chi connectivity index (χ2n) is 6.37. The molecule has 0 heterocycles. The maximum absolute atomic E-state index is 13.1. The number of amides is 1. The average Bonchev–Trinajstić information content (AvgIpc) is 2.76. The van der Waals surface area contributed by atoms with E-state index in [1.165, 1.54) is 42.6 Å². The van der Waals surface area contributed by atoms with Crippen LogP contribution in [-0.2, 0) is 6.61 Å². The largest absolute Gasteiger partial charge is 0.490 e. The number of rotatable bonds is 8. The zero-order valence-electron chi connectivity index (χ0n) is 16.6. The van der Waals surface area contributed by atoms with Crippen molar-refractivity contribution in [1.29, 1.82) is 0 Å². The molecule has 31 heavy (non-hydrogen) atoms. The van der Waals surface area contributed by atoms with Gasteiger partial charge in [-0.3, -0.25) is 4.79 Å². The lowest BCUT2D eigenvalue weighted by molar-refractivity contribution is 0.0955. The molecule has 0 saturated carbocycles. The Morgan fingerprint density at radius 3 is 2.26 bits per heavy atom. The van der Waals surface area contributed by atoms with E-state index in [-0.39, 0.29) is 18.0 Å². The predicted octanol–water partition coefficient (Wildman–Crippen LogP) is 5.47. The third kappa shape index (κ3) is 6.36. The molecule has 0 aliphatic rings. The number of hydrazone groups is 1. The van der Waals surface area contributed by atoms with Crippen LogP contribution >= 0.6 is 15.9 Å². The highest BCUT2D eigenvalue weighted by atomic mass is 79.9. The Labute approximate surface area is 186 Å². The van der Waals surface area contributed by atoms with Gasteiger partial charge in [0.2, 0.25) is 0 Å². The Balaban J connectivity index is 1.71. The van der Waals surface area contributed by atoms with Crippen molar-refractivity contribution in [3.8, 4) is 11.5 Å². The van der Waals surface area contributed by atoms with Gasteiger partial charge in [0.15, 0.2) is 11.5 Å². The second-order valence-corrected chi connectivity index (χ2v) is 7.23. The van der Waals surface area contributed by atoms with Crippen LogP contribution in [0.3, 0.4) is 0 Å². The van der Waals surface area contributed by atoms with E-state index in [1.54, 1.807) is 24.3 Å². The molecular weight excluding hydrogens is 470 g/mol. The summed E-state index contributed by atoms with van der Waals surface area (Å²) in [5.41, 5.74) is 4.15. The Hall–Kier alpha value is -3.26. The topological polar surface area (TPSA) is 59.9 Å². The van der Waals surface area contributed by atoms with E-state index in [9.17, 15) is 13.6 Å². The van der Waals surface area contributed by atoms with Crippen molar-refractivity contribution in [3.05, 3.63) is 93.5 Å². The van der Waals surface area contributed by atoms with Crippen molar-refractivity contribution >= 4 is 28.1 Å². The van der Waals surface area contributed by atoms with Gasteiger partial charge in [0.05, 0.1) is 12.8 Å². The van der Waals surface area contributed by atoms with Gasteiger partial charge in [-0.05, 0) is 76.9 Å². The highest BCUT2D eigenvalue weighted by Gasteiger charge is 2.11. The molecule has 0 bridgehead atoms. The Bertz CT molecular complexity index is 1070. The molecule has 0 unspecified atom stereocenters. The average molecular weight is 489 g/mol. The first-order valence-electron chi connectivity index (χ1n) is 9.39. The summed E-state index contributed by atoms with van der Waals surface area (Å²) in [6.45, 7) is 2.52. The van der Waals surface area contributed by atoms with Gasteiger partial charge in [-0.25, -0.2) is 14.2 Å². The summed E-state index contributed by atoms with van der Waals surface area (Å²) < 4.78 is 38.2. The van der Waals surface area contributed by atoms with Crippen molar-refractivity contribution < 1.29 is 23.0 Å². The number of hydrogen-bond donors (Lipinski definition) is 1. The van der Waals surface area contributed by atoms with Gasteiger partial charge in [0.25, 0.3) is 5.91 Å². The first-order chi connectivity index (χ1) is 15.0. The molecule has 0 fully saturated rings. The standard InChI is InChI=1S/C23H19BrF2N2O3/c1-2-30-21-11-17(13-27-28-23(29)16-5-9-19(26)10-6-16)20(24)12-22(21)31-14-15-3-7-18(25)8-4-15/h3-13H,2,14H2,1H3,(H,28,29)/b27-13-. The number of carbonyl (C=O) groups excluding carboxylic acids is 1. The molecule has 0 aromatic heterocycles. The third-order valence-corrected chi connectivity index (χ3v) is 4.83. The van der Waals surface area contributed by atoms with Crippen LogP contribution in [0, 0.1) is 11.6 Å². The summed E-state index contributed by atoms with van der Waals surface area (Å²) in [6.07, 6.45) is 1.46. The second kappa shape index (κ2) is 10.7. The van der Waals surface area contributed by atoms with E-state index in [0.29, 0.717) is 28.1 Å². The zero-order chi connectivity index (χ0) is 22.2. The van der Waals surface area contributed by atoms with Gasteiger partial charge in [0.1, 0.15) is 18.2 Å². The molecule has 3 aromatic rings. The summed E-state index contributed by atoms with van der Waals surface area (Å²) >= 11 is 3.46. The summed E-state index contributed by atoms with van der Waals surface area (Å²) in [5, 5.41) is 3.95. The lowest BCUT2D eigenvalue weighted by Crippen LogP contribution is -2.17. The van der Waals surface area contributed by atoms with Crippen LogP contribution in [-0.4, -0.2) is 18.7 Å². The van der Waals surface area contributed by atoms with E-state index in [4.69, 9.17) is 9.47 Å². The molecule has 1 amide bonds. The number of carbonyl (C=O) groups is 1. The molecule has 0 radical (unpaired) electrons. The van der Waals surface area contributed by atoms with E-state index in [0.717, 1.165) is 5.56 Å². The third-order valence-electron chi connectivity index (χ3n) is 4.15. The van der Waals surface area contributed by atoms with Crippen LogP contribution in [0.2, 0.25) is 0 Å². The van der Waals surface area contributed by atoms with Crippen molar-refractivity contribution in [2.75, 3.05) is 6.61 Å². The number of nitrogens with zero attached hydrogens (tertiary/aromatic N) is 1. The van der Waals surface area contributed by atoms with Gasteiger partial charge >= 0.3 is 0 Å². The molecule has 160 valence electrons. The van der Waals surface area contributed by atoms with Crippen molar-refractivity contribution in [2.45, 2.75) is 13.5 Å². The predicted molar refractivity (Wildman–Crippen MR) is 118 cm³/mol. The van der Waals surface area contributed by atoms with Gasteiger partial charge in [-0.15, -0.1) is 0 Å². The van der Waals surface area contributed by atoms with E-state index in [1.807, 2.05) is 6.92 Å². The quantitative estimate of drug-likeness (QED) is 0.337. The number of ether oxygens (including phenoxy) is 2. The smallest absolute Gasteiger partial charge is 0.271 e. The fourth-order valence-electron chi connectivity index (χ4n) is 2.60. The molecule has 0 aliphatic heterocycles. The normalized spacial score (nSPS) is 10.8. The molecule has 1 N–H and O–H groups in total. The maximum atomic E-state index is 13.1. The highest BCUT2D eigenvalue weighted by Crippen LogP contribution is 2.33. The molecule has 0 atom stereocenters. The highest BCUT2D eigenvalue weighted by molar-refractivity contribution is 9.10. The van der Waals surface area contributed by atoms with Crippen LogP contribution < -0.4 is 14.9 Å². The van der Waals surface area contributed by atoms with Gasteiger partial charge in [0, 0.05) is 15.6 Å². The zero-order valence-corrected chi connectivity index (χ0v) is 18.2. The van der Waals surface area contributed by atoms with Gasteiger partial charge < -0.3 is 9.47 Å². The van der Waals surface area contributed by atoms with Crippen molar-refractivity contribution in [2.24, 2.45) is 5.10 Å². The SMILES string of the molecule is CCOc1cc(/C=N\NC(=O)c2ccc(F)cc2)c(Br)cc1OCc1ccc(F)cc1. The Morgan fingerprint density at radius 2 is 1.61 bits per heavy atom. The Morgan fingerprint density at radius 1 is 1.00 bits per heavy atom. The summed E-state index contributed by atoms with van der Waals surface area (Å²) in [5.74, 6) is -0.188. The minimum absolute atomic E-state index is 0.244. The summed E-state index contributed by atoms with van der Waals surface area (Å²) in [4.78, 5) is 12.1. The molecule has 0 aliphatic carbocycles. The molecule has 5 nitrogen and oxygen atoms in total. The van der Waals surface area contributed by atoms with Gasteiger partial charge in [-0.2, -0.15) is 5.10 Å². The first-order valence-corrected chi connectivity index (χ1v) is 10.2. The maximum Gasteiger partial charge on any atom is 0.271 e. The molecule has 0 saturated heterocycles. The summed E-state index contributed by atoms with van der Waals surface area (Å²) in [7, 11) is 0. The molecule has 0 spiro atoms.